The molecule has 1 atom stereocenters. The minimum absolute atomic E-state index is 0.0887. The van der Waals surface area contributed by atoms with E-state index in [0.717, 1.165) is 16.3 Å². The molecular formula is C16H15ClN2O2. The van der Waals surface area contributed by atoms with Crippen molar-refractivity contribution < 1.29 is 9.63 Å². The molecule has 1 unspecified atom stereocenters. The lowest BCUT2D eigenvalue weighted by Crippen LogP contribution is -2.39. The van der Waals surface area contributed by atoms with Gasteiger partial charge in [0.2, 0.25) is 11.0 Å². The first-order valence-electron chi connectivity index (χ1n) is 6.69. The lowest BCUT2D eigenvalue weighted by molar-refractivity contribution is -0.121. The van der Waals surface area contributed by atoms with E-state index in [0.29, 0.717) is 6.42 Å². The van der Waals surface area contributed by atoms with Crippen LogP contribution < -0.4 is 10.8 Å². The largest absolute Gasteiger partial charge is 0.351 e. The monoisotopic (exact) mass is 302 g/mol. The fraction of sp³-hybridized carbons (Fsp3) is 0.188. The quantitative estimate of drug-likeness (QED) is 0.853. The summed E-state index contributed by atoms with van der Waals surface area (Å²) < 4.78 is 0. The molecule has 0 bridgehead atoms. The van der Waals surface area contributed by atoms with E-state index in [1.165, 1.54) is 0 Å². The van der Waals surface area contributed by atoms with E-state index >= 15 is 0 Å². The lowest BCUT2D eigenvalue weighted by Gasteiger charge is -2.18. The van der Waals surface area contributed by atoms with Crippen molar-refractivity contribution >= 4 is 28.3 Å². The number of fused-ring (bicyclic) bond motifs is 1. The first-order chi connectivity index (χ1) is 10.1. The van der Waals surface area contributed by atoms with E-state index in [1.54, 1.807) is 12.3 Å². The summed E-state index contributed by atoms with van der Waals surface area (Å²) in [5, 5.41) is 4.07. The van der Waals surface area contributed by atoms with Crippen molar-refractivity contribution in [1.29, 1.82) is 0 Å². The minimum Gasteiger partial charge on any atom is -0.351 e. The molecular weight excluding hydrogens is 288 g/mol. The van der Waals surface area contributed by atoms with Crippen LogP contribution in [0.4, 0.5) is 0 Å². The molecule has 0 saturated heterocycles. The highest BCUT2D eigenvalue weighted by Gasteiger charge is 2.29. The molecule has 0 spiro atoms. The zero-order valence-electron chi connectivity index (χ0n) is 11.3. The highest BCUT2D eigenvalue weighted by molar-refractivity contribution is 6.24. The fourth-order valence-corrected chi connectivity index (χ4v) is 2.41. The van der Waals surface area contributed by atoms with Crippen molar-refractivity contribution in [3.8, 4) is 0 Å². The molecule has 2 aromatic carbocycles. The van der Waals surface area contributed by atoms with Crippen molar-refractivity contribution in [1.82, 2.24) is 10.8 Å². The van der Waals surface area contributed by atoms with E-state index in [-0.39, 0.29) is 12.5 Å². The number of hydrogen-bond acceptors (Lipinski definition) is 3. The van der Waals surface area contributed by atoms with Crippen molar-refractivity contribution in [3.05, 3.63) is 60.3 Å². The van der Waals surface area contributed by atoms with Crippen LogP contribution in [0, 0.1) is 0 Å². The van der Waals surface area contributed by atoms with E-state index in [2.05, 4.69) is 10.8 Å². The zero-order chi connectivity index (χ0) is 14.7. The Balaban J connectivity index is 1.62. The summed E-state index contributed by atoms with van der Waals surface area (Å²) in [5.74, 6) is -0.0887. The summed E-state index contributed by atoms with van der Waals surface area (Å²) in [5.41, 5.74) is 3.51. The summed E-state index contributed by atoms with van der Waals surface area (Å²) in [4.78, 5) is 17.1. The summed E-state index contributed by atoms with van der Waals surface area (Å²) >= 11 is 6.11. The molecule has 2 N–H and O–H groups in total. The third kappa shape index (κ3) is 3.35. The molecule has 21 heavy (non-hydrogen) atoms. The van der Waals surface area contributed by atoms with Gasteiger partial charge in [-0.25, -0.2) is 4.84 Å². The molecule has 1 amide bonds. The molecule has 3 rings (SSSR count). The Kier molecular flexibility index (Phi) is 3.82. The topological polar surface area (TPSA) is 50.4 Å². The second kappa shape index (κ2) is 5.76. The lowest BCUT2D eigenvalue weighted by atomic mass is 10.0. The number of alkyl halides is 1. The van der Waals surface area contributed by atoms with Crippen LogP contribution in [0.3, 0.4) is 0 Å². The number of carbonyl (C=O) groups excluding carboxylic acids is 1. The Morgan fingerprint density at radius 1 is 1.24 bits per heavy atom. The van der Waals surface area contributed by atoms with Gasteiger partial charge in [-0.1, -0.05) is 54.1 Å². The molecule has 0 aromatic heterocycles. The van der Waals surface area contributed by atoms with Crippen LogP contribution >= 0.6 is 11.6 Å². The first-order valence-corrected chi connectivity index (χ1v) is 7.07. The van der Waals surface area contributed by atoms with Gasteiger partial charge in [0.1, 0.15) is 0 Å². The summed E-state index contributed by atoms with van der Waals surface area (Å²) in [6.07, 6.45) is 3.57. The van der Waals surface area contributed by atoms with Gasteiger partial charge in [-0.15, -0.1) is 0 Å². The molecule has 2 aromatic rings. The van der Waals surface area contributed by atoms with Crippen LogP contribution in [0.15, 0.2) is 54.7 Å². The second-order valence-corrected chi connectivity index (χ2v) is 5.61. The van der Waals surface area contributed by atoms with E-state index in [9.17, 15) is 4.79 Å². The average molecular weight is 303 g/mol. The zero-order valence-corrected chi connectivity index (χ0v) is 12.1. The third-order valence-corrected chi connectivity index (χ3v) is 3.67. The molecule has 0 fully saturated rings. The number of amides is 1. The van der Waals surface area contributed by atoms with Gasteiger partial charge in [-0.2, -0.15) is 0 Å². The smallest absolute Gasteiger partial charge is 0.224 e. The van der Waals surface area contributed by atoms with Gasteiger partial charge < -0.3 is 5.32 Å². The van der Waals surface area contributed by atoms with Gasteiger partial charge in [-0.3, -0.25) is 10.3 Å². The molecule has 0 radical (unpaired) electrons. The Bertz CT molecular complexity index is 701. The van der Waals surface area contributed by atoms with E-state index in [1.807, 2.05) is 42.5 Å². The standard InChI is InChI=1S/C16H15ClN2O2/c17-16(7-8-19-21-16)11-18-15(20)10-12-5-6-13-3-1-2-4-14(13)9-12/h1-9,19H,10-11H2,(H,18,20). The van der Waals surface area contributed by atoms with Gasteiger partial charge in [0.15, 0.2) is 0 Å². The Hall–Kier alpha value is -2.04. The highest BCUT2D eigenvalue weighted by atomic mass is 35.5. The molecule has 108 valence electrons. The maximum atomic E-state index is 12.0. The van der Waals surface area contributed by atoms with Crippen LogP contribution in [-0.4, -0.2) is 17.5 Å². The molecule has 0 saturated carbocycles. The van der Waals surface area contributed by atoms with Crippen LogP contribution in [0.1, 0.15) is 5.56 Å². The first kappa shape index (κ1) is 13.9. The summed E-state index contributed by atoms with van der Waals surface area (Å²) in [6.45, 7) is 0.213. The van der Waals surface area contributed by atoms with Gasteiger partial charge in [0.05, 0.1) is 13.0 Å². The summed E-state index contributed by atoms with van der Waals surface area (Å²) in [7, 11) is 0. The fourth-order valence-electron chi connectivity index (χ4n) is 2.24. The molecule has 1 heterocycles. The molecule has 4 nitrogen and oxygen atoms in total. The predicted molar refractivity (Wildman–Crippen MR) is 82.6 cm³/mol. The predicted octanol–water partition coefficient (Wildman–Crippen LogP) is 2.48. The normalized spacial score (nSPS) is 20.4. The maximum absolute atomic E-state index is 12.0. The number of hydrogen-bond donors (Lipinski definition) is 2. The van der Waals surface area contributed by atoms with Crippen molar-refractivity contribution in [2.45, 2.75) is 11.5 Å². The molecule has 1 aliphatic heterocycles. The molecule has 5 heteroatoms. The maximum Gasteiger partial charge on any atom is 0.224 e. The number of carbonyl (C=O) groups is 1. The Morgan fingerprint density at radius 2 is 2.05 bits per heavy atom. The minimum atomic E-state index is -1.00. The van der Waals surface area contributed by atoms with Crippen LogP contribution in [0.25, 0.3) is 10.8 Å². The van der Waals surface area contributed by atoms with Crippen LogP contribution in [-0.2, 0) is 16.1 Å². The molecule has 0 aliphatic carbocycles. The van der Waals surface area contributed by atoms with Crippen molar-refractivity contribution in [2.24, 2.45) is 0 Å². The van der Waals surface area contributed by atoms with Crippen molar-refractivity contribution in [2.75, 3.05) is 6.54 Å². The van der Waals surface area contributed by atoms with Crippen LogP contribution in [0.5, 0.6) is 0 Å². The summed E-state index contributed by atoms with van der Waals surface area (Å²) in [6, 6.07) is 14.1. The molecule has 1 aliphatic rings. The van der Waals surface area contributed by atoms with Gasteiger partial charge in [0.25, 0.3) is 0 Å². The van der Waals surface area contributed by atoms with Gasteiger partial charge in [0, 0.05) is 6.20 Å². The third-order valence-electron chi connectivity index (χ3n) is 3.33. The second-order valence-electron chi connectivity index (χ2n) is 4.97. The number of rotatable bonds is 4. The average Bonchev–Trinajstić information content (AvgIpc) is 2.92. The number of hydroxylamine groups is 1. The number of nitrogens with one attached hydrogen (secondary N) is 2. The van der Waals surface area contributed by atoms with Crippen LogP contribution in [0.2, 0.25) is 0 Å². The van der Waals surface area contributed by atoms with Gasteiger partial charge >= 0.3 is 0 Å². The van der Waals surface area contributed by atoms with E-state index < -0.39 is 5.06 Å². The van der Waals surface area contributed by atoms with E-state index in [4.69, 9.17) is 16.4 Å². The Labute approximate surface area is 127 Å². The SMILES string of the molecule is O=C(Cc1ccc2ccccc2c1)NCC1(Cl)C=CNO1. The highest BCUT2D eigenvalue weighted by Crippen LogP contribution is 2.20. The van der Waals surface area contributed by atoms with Gasteiger partial charge in [-0.05, 0) is 22.4 Å². The number of halogens is 1. The Morgan fingerprint density at radius 3 is 2.81 bits per heavy atom. The van der Waals surface area contributed by atoms with Crippen molar-refractivity contribution in [3.63, 3.8) is 0 Å². The number of benzene rings is 2.